The molecule has 0 saturated heterocycles. The second kappa shape index (κ2) is 66.1. The lowest BCUT2D eigenvalue weighted by atomic mass is 10.0. The summed E-state index contributed by atoms with van der Waals surface area (Å²) in [5.74, 6) is -0.892. The van der Waals surface area contributed by atoms with Gasteiger partial charge in [0, 0.05) is 19.3 Å². The highest BCUT2D eigenvalue weighted by Gasteiger charge is 2.19. The van der Waals surface area contributed by atoms with Crippen LogP contribution in [0.25, 0.3) is 0 Å². The minimum atomic E-state index is -0.784. The van der Waals surface area contributed by atoms with Crippen LogP contribution in [0.4, 0.5) is 0 Å². The van der Waals surface area contributed by atoms with Crippen LogP contribution >= 0.6 is 0 Å². The summed E-state index contributed by atoms with van der Waals surface area (Å²) in [5, 5.41) is 0. The first kappa shape index (κ1) is 74.6. The van der Waals surface area contributed by atoms with Crippen molar-refractivity contribution in [2.45, 2.75) is 341 Å². The molecule has 0 aliphatic rings. The van der Waals surface area contributed by atoms with Gasteiger partial charge in [-0.15, -0.1) is 0 Å². The van der Waals surface area contributed by atoms with Crippen LogP contribution in [0.15, 0.2) is 85.1 Å². The Morgan fingerprint density at radius 1 is 0.269 bits per heavy atom. The number of carbonyl (C=O) groups is 3. The highest BCUT2D eigenvalue weighted by atomic mass is 16.6. The zero-order chi connectivity index (χ0) is 56.4. The largest absolute Gasteiger partial charge is 0.462 e. The number of ether oxygens (including phenoxy) is 3. The van der Waals surface area contributed by atoms with Gasteiger partial charge in [-0.25, -0.2) is 0 Å². The van der Waals surface area contributed by atoms with E-state index in [0.717, 1.165) is 116 Å². The molecule has 78 heavy (non-hydrogen) atoms. The Morgan fingerprint density at radius 3 is 0.795 bits per heavy atom. The first-order valence-corrected chi connectivity index (χ1v) is 33.6. The Morgan fingerprint density at radius 2 is 0.500 bits per heavy atom. The second-order valence-corrected chi connectivity index (χ2v) is 22.3. The molecule has 0 aliphatic heterocycles. The maximum absolute atomic E-state index is 12.9. The zero-order valence-electron chi connectivity index (χ0n) is 51.7. The van der Waals surface area contributed by atoms with Gasteiger partial charge in [0.1, 0.15) is 13.2 Å². The van der Waals surface area contributed by atoms with Crippen molar-refractivity contribution in [3.05, 3.63) is 85.1 Å². The molecule has 0 aromatic carbocycles. The van der Waals surface area contributed by atoms with E-state index in [1.165, 1.54) is 180 Å². The first-order valence-electron chi connectivity index (χ1n) is 33.6. The number of hydrogen-bond donors (Lipinski definition) is 0. The predicted octanol–water partition coefficient (Wildman–Crippen LogP) is 23.1. The third-order valence-electron chi connectivity index (χ3n) is 14.6. The molecule has 0 aromatic rings. The normalized spacial score (nSPS) is 12.6. The van der Waals surface area contributed by atoms with Crippen LogP contribution < -0.4 is 0 Å². The molecule has 0 bridgehead atoms. The number of hydrogen-bond acceptors (Lipinski definition) is 6. The average molecular weight is 1090 g/mol. The summed E-state index contributed by atoms with van der Waals surface area (Å²) in [5.41, 5.74) is 0. The topological polar surface area (TPSA) is 78.9 Å². The lowest BCUT2D eigenvalue weighted by Crippen LogP contribution is -2.30. The summed E-state index contributed by atoms with van der Waals surface area (Å²) in [7, 11) is 0. The van der Waals surface area contributed by atoms with Gasteiger partial charge >= 0.3 is 17.9 Å². The van der Waals surface area contributed by atoms with Gasteiger partial charge in [0.25, 0.3) is 0 Å². The molecule has 6 heteroatoms. The van der Waals surface area contributed by atoms with Gasteiger partial charge in [-0.05, 0) is 103 Å². The van der Waals surface area contributed by atoms with Crippen molar-refractivity contribution in [3.8, 4) is 0 Å². The minimum Gasteiger partial charge on any atom is -0.462 e. The third kappa shape index (κ3) is 63.4. The summed E-state index contributed by atoms with van der Waals surface area (Å²) >= 11 is 0. The lowest BCUT2D eigenvalue weighted by molar-refractivity contribution is -0.167. The fraction of sp³-hybridized carbons (Fsp3) is 0.764. The van der Waals surface area contributed by atoms with Crippen molar-refractivity contribution >= 4 is 17.9 Å². The Balaban J connectivity index is 4.04. The Kier molecular flexibility index (Phi) is 63.2. The van der Waals surface area contributed by atoms with Gasteiger partial charge in [-0.3, -0.25) is 14.4 Å². The molecule has 0 fully saturated rings. The Bertz CT molecular complexity index is 1480. The predicted molar refractivity (Wildman–Crippen MR) is 339 cm³/mol. The molecule has 1 unspecified atom stereocenters. The Hall–Kier alpha value is -3.41. The number of rotatable bonds is 61. The van der Waals surface area contributed by atoms with Crippen molar-refractivity contribution < 1.29 is 28.6 Å². The fourth-order valence-electron chi connectivity index (χ4n) is 9.55. The molecular formula is C72H126O6. The molecule has 6 nitrogen and oxygen atoms in total. The van der Waals surface area contributed by atoms with Crippen molar-refractivity contribution in [3.63, 3.8) is 0 Å². The average Bonchev–Trinajstić information content (AvgIpc) is 3.44. The highest BCUT2D eigenvalue weighted by Crippen LogP contribution is 2.17. The monoisotopic (exact) mass is 1090 g/mol. The van der Waals surface area contributed by atoms with Crippen LogP contribution in [-0.2, 0) is 28.6 Å². The summed E-state index contributed by atoms with van der Waals surface area (Å²) in [6.45, 7) is 6.46. The molecule has 0 aliphatic carbocycles. The molecule has 0 radical (unpaired) electrons. The maximum Gasteiger partial charge on any atom is 0.306 e. The Labute approximate surface area is 484 Å². The van der Waals surface area contributed by atoms with Crippen molar-refractivity contribution in [2.24, 2.45) is 0 Å². The number of esters is 3. The standard InChI is InChI=1S/C72H126O6/c1-4-7-10-13-16-19-22-24-26-27-28-29-30-31-32-33-34-35-36-37-38-39-40-41-42-43-44-45-46-48-50-53-56-59-62-65-71(74)77-68-69(67-76-70(73)64-61-58-55-52-49-21-18-15-12-9-6-3)78-72(75)66-63-60-57-54-51-47-25-23-20-17-14-11-8-5-2/h7,10,14-19,23-26,28-29,69H,4-6,8-9,11-13,20-22,27,30-68H2,1-3H3/b10-7-,17-14-,18-15-,19-16-,25-23-,26-24-,29-28-. The molecule has 0 amide bonds. The van der Waals surface area contributed by atoms with Crippen LogP contribution in [0.3, 0.4) is 0 Å². The van der Waals surface area contributed by atoms with Gasteiger partial charge in [-0.2, -0.15) is 0 Å². The summed E-state index contributed by atoms with van der Waals surface area (Å²) in [4.78, 5) is 38.2. The number of unbranched alkanes of at least 4 members (excludes halogenated alkanes) is 36. The molecule has 0 N–H and O–H groups in total. The van der Waals surface area contributed by atoms with E-state index in [-0.39, 0.29) is 31.1 Å². The lowest BCUT2D eigenvalue weighted by Gasteiger charge is -2.18. The van der Waals surface area contributed by atoms with Crippen LogP contribution in [0.1, 0.15) is 335 Å². The molecule has 450 valence electrons. The van der Waals surface area contributed by atoms with Gasteiger partial charge in [0.2, 0.25) is 0 Å². The van der Waals surface area contributed by atoms with E-state index in [0.29, 0.717) is 19.3 Å². The van der Waals surface area contributed by atoms with E-state index in [4.69, 9.17) is 14.2 Å². The van der Waals surface area contributed by atoms with Crippen molar-refractivity contribution in [1.82, 2.24) is 0 Å². The molecule has 0 saturated carbocycles. The quantitative estimate of drug-likeness (QED) is 0.0261. The molecule has 0 spiro atoms. The second-order valence-electron chi connectivity index (χ2n) is 22.3. The summed E-state index contributed by atoms with van der Waals surface area (Å²) in [6, 6.07) is 0. The molecule has 0 aromatic heterocycles. The van der Waals surface area contributed by atoms with Gasteiger partial charge in [0.05, 0.1) is 0 Å². The van der Waals surface area contributed by atoms with E-state index < -0.39 is 6.10 Å². The summed E-state index contributed by atoms with van der Waals surface area (Å²) in [6.07, 6.45) is 87.7. The van der Waals surface area contributed by atoms with E-state index in [9.17, 15) is 14.4 Å². The van der Waals surface area contributed by atoms with Gasteiger partial charge < -0.3 is 14.2 Å². The van der Waals surface area contributed by atoms with Gasteiger partial charge in [-0.1, -0.05) is 298 Å². The fourth-order valence-corrected chi connectivity index (χ4v) is 9.55. The third-order valence-corrected chi connectivity index (χ3v) is 14.6. The van der Waals surface area contributed by atoms with Crippen molar-refractivity contribution in [1.29, 1.82) is 0 Å². The molecule has 1 atom stereocenters. The van der Waals surface area contributed by atoms with E-state index in [1.54, 1.807) is 0 Å². The van der Waals surface area contributed by atoms with Crippen LogP contribution in [0.2, 0.25) is 0 Å². The van der Waals surface area contributed by atoms with Gasteiger partial charge in [0.15, 0.2) is 6.10 Å². The molecule has 0 rings (SSSR count). The first-order chi connectivity index (χ1) is 38.5. The minimum absolute atomic E-state index is 0.0807. The molecular weight excluding hydrogens is 961 g/mol. The van der Waals surface area contributed by atoms with E-state index in [2.05, 4.69) is 106 Å². The number of carbonyl (C=O) groups excluding carboxylic acids is 3. The maximum atomic E-state index is 12.9. The highest BCUT2D eigenvalue weighted by molar-refractivity contribution is 5.71. The SMILES string of the molecule is CC/C=C\C/C=C\C/C=C\C/C=C\CCCCCCCCCCCCCCCCCCCCCCCCC(=O)OCC(COC(=O)CCCCCCC/C=C\CCCC)OC(=O)CCCCCCC/C=C\C/C=C\CCCC. The zero-order valence-corrected chi connectivity index (χ0v) is 51.7. The van der Waals surface area contributed by atoms with Crippen molar-refractivity contribution in [2.75, 3.05) is 13.2 Å². The van der Waals surface area contributed by atoms with E-state index in [1.807, 2.05) is 0 Å². The van der Waals surface area contributed by atoms with Crippen LogP contribution in [0.5, 0.6) is 0 Å². The summed E-state index contributed by atoms with van der Waals surface area (Å²) < 4.78 is 16.9. The van der Waals surface area contributed by atoms with Crippen LogP contribution in [0, 0.1) is 0 Å². The number of allylic oxidation sites excluding steroid dienone is 14. The van der Waals surface area contributed by atoms with E-state index >= 15 is 0 Å². The smallest absolute Gasteiger partial charge is 0.306 e. The van der Waals surface area contributed by atoms with Crippen LogP contribution in [-0.4, -0.2) is 37.2 Å². The molecule has 0 heterocycles.